The zero-order chi connectivity index (χ0) is 21.1. The van der Waals surface area contributed by atoms with Gasteiger partial charge in [-0.1, -0.05) is 6.07 Å². The van der Waals surface area contributed by atoms with Crippen molar-refractivity contribution in [3.63, 3.8) is 0 Å². The third kappa shape index (κ3) is 2.83. The number of likely N-dealkylation sites (tertiary alicyclic amines) is 1. The van der Waals surface area contributed by atoms with Gasteiger partial charge in [-0.3, -0.25) is 14.7 Å². The Balaban J connectivity index is 1.31. The number of aryl methyl sites for hydroxylation is 1. The molecule has 2 aliphatic heterocycles. The minimum atomic E-state index is 0.0205. The van der Waals surface area contributed by atoms with Gasteiger partial charge >= 0.3 is 0 Å². The second-order valence-corrected chi connectivity index (χ2v) is 8.86. The van der Waals surface area contributed by atoms with E-state index in [1.165, 1.54) is 5.56 Å². The van der Waals surface area contributed by atoms with Crippen LogP contribution in [0.1, 0.15) is 39.6 Å². The van der Waals surface area contributed by atoms with Gasteiger partial charge in [0.1, 0.15) is 11.4 Å². The van der Waals surface area contributed by atoms with Crippen LogP contribution in [0.15, 0.2) is 41.2 Å². The fourth-order valence-corrected chi connectivity index (χ4v) is 5.62. The molecule has 1 aromatic carbocycles. The number of nitrogens with one attached hydrogen (secondary N) is 1. The number of benzene rings is 1. The Hall–Kier alpha value is -3.35. The second-order valence-electron chi connectivity index (χ2n) is 8.86. The van der Waals surface area contributed by atoms with E-state index in [2.05, 4.69) is 16.3 Å². The van der Waals surface area contributed by atoms with Crippen LogP contribution in [0, 0.1) is 5.92 Å². The minimum Gasteiger partial charge on any atom is -0.497 e. The van der Waals surface area contributed by atoms with Gasteiger partial charge in [0.05, 0.1) is 12.8 Å². The second kappa shape index (κ2) is 6.83. The zero-order valence-corrected chi connectivity index (χ0v) is 17.4. The highest BCUT2D eigenvalue weighted by molar-refractivity contribution is 5.96. The van der Waals surface area contributed by atoms with E-state index in [1.54, 1.807) is 13.2 Å². The Morgan fingerprint density at radius 1 is 1.16 bits per heavy atom. The van der Waals surface area contributed by atoms with Crippen LogP contribution in [-0.4, -0.2) is 45.8 Å². The molecule has 7 heteroatoms. The molecule has 1 amide bonds. The molecule has 31 heavy (non-hydrogen) atoms. The van der Waals surface area contributed by atoms with E-state index in [0.717, 1.165) is 47.5 Å². The summed E-state index contributed by atoms with van der Waals surface area (Å²) in [6, 6.07) is 11.5. The molecule has 2 atom stereocenters. The van der Waals surface area contributed by atoms with Gasteiger partial charge in [-0.25, -0.2) is 0 Å². The lowest BCUT2D eigenvalue weighted by molar-refractivity contribution is 0.0587. The molecule has 0 radical (unpaired) electrons. The lowest BCUT2D eigenvalue weighted by atomic mass is 9.82. The first-order valence-electron chi connectivity index (χ1n) is 10.9. The van der Waals surface area contributed by atoms with Crippen molar-refractivity contribution in [2.24, 2.45) is 5.92 Å². The van der Waals surface area contributed by atoms with Gasteiger partial charge in [-0.15, -0.1) is 0 Å². The summed E-state index contributed by atoms with van der Waals surface area (Å²) in [5.41, 5.74) is 5.88. The fourth-order valence-electron chi connectivity index (χ4n) is 5.62. The van der Waals surface area contributed by atoms with Crippen molar-refractivity contribution in [1.29, 1.82) is 0 Å². The molecule has 4 heterocycles. The number of carbonyl (C=O) groups is 1. The molecular weight excluding hydrogens is 392 g/mol. The topological polar surface area (TPSA) is 80.2 Å². The molecule has 1 fully saturated rings. The number of amides is 1. The Morgan fingerprint density at radius 3 is 2.94 bits per heavy atom. The van der Waals surface area contributed by atoms with Gasteiger partial charge in [0.15, 0.2) is 0 Å². The number of hydrogen-bond acceptors (Lipinski definition) is 4. The number of nitrogens with zero attached hydrogens (tertiary/aromatic N) is 3. The molecule has 1 aliphatic carbocycles. The van der Waals surface area contributed by atoms with Crippen LogP contribution in [-0.2, 0) is 19.4 Å². The van der Waals surface area contributed by atoms with E-state index < -0.39 is 0 Å². The van der Waals surface area contributed by atoms with E-state index in [0.29, 0.717) is 31.2 Å². The average Bonchev–Trinajstić information content (AvgIpc) is 3.23. The monoisotopic (exact) mass is 416 g/mol. The van der Waals surface area contributed by atoms with E-state index in [4.69, 9.17) is 4.74 Å². The number of piperidine rings is 1. The molecule has 158 valence electrons. The van der Waals surface area contributed by atoms with Gasteiger partial charge in [-0.05, 0) is 55.0 Å². The predicted molar refractivity (Wildman–Crippen MR) is 115 cm³/mol. The molecule has 7 nitrogen and oxygen atoms in total. The van der Waals surface area contributed by atoms with Crippen LogP contribution in [0.5, 0.6) is 5.75 Å². The molecule has 3 aromatic rings. The molecular formula is C24H24N4O3. The lowest BCUT2D eigenvalue weighted by Gasteiger charge is -2.42. The SMILES string of the molecule is COc1ccc2c(c1)CCc1c-2n[nH]c1C(=O)N1C[C@@H]2C[C@H](C1)c1cccc(=O)n1C2. The van der Waals surface area contributed by atoms with Crippen molar-refractivity contribution in [3.05, 3.63) is 69.3 Å². The van der Waals surface area contributed by atoms with Crippen molar-refractivity contribution < 1.29 is 9.53 Å². The maximum Gasteiger partial charge on any atom is 0.272 e. The molecule has 2 aromatic heterocycles. The summed E-state index contributed by atoms with van der Waals surface area (Å²) in [6.07, 6.45) is 2.68. The predicted octanol–water partition coefficient (Wildman–Crippen LogP) is 2.61. The Labute approximate surface area is 179 Å². The lowest BCUT2D eigenvalue weighted by Crippen LogP contribution is -2.49. The first-order chi connectivity index (χ1) is 15.1. The number of pyridine rings is 1. The van der Waals surface area contributed by atoms with Crippen molar-refractivity contribution >= 4 is 5.91 Å². The number of hydrogen-bond donors (Lipinski definition) is 1. The largest absolute Gasteiger partial charge is 0.497 e. The van der Waals surface area contributed by atoms with Crippen LogP contribution in [0.3, 0.4) is 0 Å². The number of H-pyrrole nitrogens is 1. The highest BCUT2D eigenvalue weighted by atomic mass is 16.5. The molecule has 1 N–H and O–H groups in total. The first kappa shape index (κ1) is 18.4. The summed E-state index contributed by atoms with van der Waals surface area (Å²) < 4.78 is 7.24. The molecule has 0 spiro atoms. The molecule has 3 aliphatic rings. The van der Waals surface area contributed by atoms with E-state index in [-0.39, 0.29) is 17.4 Å². The number of aromatic nitrogens is 3. The maximum atomic E-state index is 13.5. The molecule has 1 saturated heterocycles. The van der Waals surface area contributed by atoms with Crippen molar-refractivity contribution in [3.8, 4) is 17.0 Å². The third-order valence-corrected chi connectivity index (χ3v) is 7.06. The maximum absolute atomic E-state index is 13.5. The molecule has 0 unspecified atom stereocenters. The van der Waals surface area contributed by atoms with Gasteiger partial charge in [0.2, 0.25) is 0 Å². The van der Waals surface area contributed by atoms with Gasteiger partial charge in [-0.2, -0.15) is 5.10 Å². The first-order valence-corrected chi connectivity index (χ1v) is 10.9. The van der Waals surface area contributed by atoms with Gasteiger partial charge in [0, 0.05) is 48.4 Å². The quantitative estimate of drug-likeness (QED) is 0.696. The summed E-state index contributed by atoms with van der Waals surface area (Å²) in [5, 5.41) is 7.58. The highest BCUT2D eigenvalue weighted by Gasteiger charge is 2.38. The fraction of sp³-hybridized carbons (Fsp3) is 0.375. The summed E-state index contributed by atoms with van der Waals surface area (Å²) in [5.74, 6) is 1.37. The zero-order valence-electron chi connectivity index (χ0n) is 17.4. The van der Waals surface area contributed by atoms with E-state index in [1.807, 2.05) is 33.7 Å². The number of ether oxygens (including phenoxy) is 1. The molecule has 0 saturated carbocycles. The average molecular weight is 416 g/mol. The van der Waals surface area contributed by atoms with Crippen LogP contribution in [0.25, 0.3) is 11.3 Å². The Kier molecular flexibility index (Phi) is 4.06. The van der Waals surface area contributed by atoms with Crippen molar-refractivity contribution in [2.45, 2.75) is 31.7 Å². The number of carbonyl (C=O) groups excluding carboxylic acids is 1. The van der Waals surface area contributed by atoms with Crippen LogP contribution >= 0.6 is 0 Å². The van der Waals surface area contributed by atoms with Crippen LogP contribution in [0.4, 0.5) is 0 Å². The number of fused-ring (bicyclic) bond motifs is 7. The van der Waals surface area contributed by atoms with E-state index in [9.17, 15) is 9.59 Å². The van der Waals surface area contributed by atoms with Crippen molar-refractivity contribution in [2.75, 3.05) is 20.2 Å². The van der Waals surface area contributed by atoms with Crippen molar-refractivity contribution in [1.82, 2.24) is 19.7 Å². The molecule has 2 bridgehead atoms. The summed E-state index contributed by atoms with van der Waals surface area (Å²) in [6.45, 7) is 2.00. The normalized spacial score (nSPS) is 21.1. The number of aromatic amines is 1. The van der Waals surface area contributed by atoms with Gasteiger partial charge < -0.3 is 14.2 Å². The Bertz CT molecular complexity index is 1260. The Morgan fingerprint density at radius 2 is 2.06 bits per heavy atom. The number of methoxy groups -OCH3 is 1. The highest BCUT2D eigenvalue weighted by Crippen LogP contribution is 2.38. The van der Waals surface area contributed by atoms with Crippen LogP contribution < -0.4 is 10.3 Å². The van der Waals surface area contributed by atoms with Gasteiger partial charge in [0.25, 0.3) is 11.5 Å². The molecule has 6 rings (SSSR count). The minimum absolute atomic E-state index is 0.0205. The standard InChI is InChI=1S/C24H24N4O3/c1-31-17-6-8-18-15(10-17)5-7-19-22(18)25-26-23(19)24(30)27-11-14-9-16(13-27)20-3-2-4-21(29)28(20)12-14/h2-4,6,8,10,14,16H,5,7,9,11-13H2,1H3,(H,25,26)/t14-,16+/m0/s1. The third-order valence-electron chi connectivity index (χ3n) is 7.06. The number of rotatable bonds is 2. The van der Waals surface area contributed by atoms with Crippen LogP contribution in [0.2, 0.25) is 0 Å². The smallest absolute Gasteiger partial charge is 0.272 e. The summed E-state index contributed by atoms with van der Waals surface area (Å²) in [7, 11) is 1.67. The summed E-state index contributed by atoms with van der Waals surface area (Å²) >= 11 is 0. The van der Waals surface area contributed by atoms with E-state index >= 15 is 0 Å². The summed E-state index contributed by atoms with van der Waals surface area (Å²) in [4.78, 5) is 27.7.